The Labute approximate surface area is 132 Å². The van der Waals surface area contributed by atoms with Crippen molar-refractivity contribution in [1.82, 2.24) is 15.0 Å². The minimum absolute atomic E-state index is 0.160. The Kier molecular flexibility index (Phi) is 6.35. The second-order valence-electron chi connectivity index (χ2n) is 6.70. The van der Waals surface area contributed by atoms with Crippen LogP contribution in [-0.2, 0) is 11.3 Å². The van der Waals surface area contributed by atoms with Crippen molar-refractivity contribution in [3.63, 3.8) is 0 Å². The molecule has 0 bridgehead atoms. The number of aliphatic hydroxyl groups is 1. The van der Waals surface area contributed by atoms with E-state index in [4.69, 9.17) is 9.26 Å². The first-order chi connectivity index (χ1) is 10.5. The normalized spacial score (nSPS) is 24.8. The van der Waals surface area contributed by atoms with Gasteiger partial charge in [-0.3, -0.25) is 4.90 Å². The minimum atomic E-state index is -0.160. The average Bonchev–Trinajstić information content (AvgIpc) is 2.95. The Morgan fingerprint density at radius 2 is 2.14 bits per heavy atom. The smallest absolute Gasteiger partial charge is 0.240 e. The van der Waals surface area contributed by atoms with Crippen LogP contribution in [0.25, 0.3) is 0 Å². The van der Waals surface area contributed by atoms with Gasteiger partial charge in [-0.15, -0.1) is 0 Å². The van der Waals surface area contributed by atoms with Gasteiger partial charge in [-0.25, -0.2) is 0 Å². The van der Waals surface area contributed by atoms with E-state index < -0.39 is 0 Å². The van der Waals surface area contributed by atoms with Gasteiger partial charge >= 0.3 is 0 Å². The molecule has 2 heterocycles. The zero-order valence-corrected chi connectivity index (χ0v) is 14.2. The van der Waals surface area contributed by atoms with Crippen LogP contribution in [0, 0.1) is 5.92 Å². The number of nitrogens with zero attached hydrogens (tertiary/aromatic N) is 3. The molecule has 2 rings (SSSR count). The Bertz CT molecular complexity index is 450. The fourth-order valence-corrected chi connectivity index (χ4v) is 2.89. The molecule has 6 heteroatoms. The Morgan fingerprint density at radius 3 is 2.82 bits per heavy atom. The summed E-state index contributed by atoms with van der Waals surface area (Å²) >= 11 is 0. The molecule has 0 saturated carbocycles. The first kappa shape index (κ1) is 17.4. The molecular weight excluding hydrogens is 282 g/mol. The average molecular weight is 311 g/mol. The summed E-state index contributed by atoms with van der Waals surface area (Å²) in [6.07, 6.45) is 3.17. The lowest BCUT2D eigenvalue weighted by atomic mass is 9.97. The van der Waals surface area contributed by atoms with E-state index in [0.29, 0.717) is 36.8 Å². The van der Waals surface area contributed by atoms with Gasteiger partial charge in [0.05, 0.1) is 13.2 Å². The van der Waals surface area contributed by atoms with Crippen LogP contribution in [0.2, 0.25) is 0 Å². The van der Waals surface area contributed by atoms with E-state index in [1.165, 1.54) is 0 Å². The predicted octanol–water partition coefficient (Wildman–Crippen LogP) is 2.54. The van der Waals surface area contributed by atoms with Crippen molar-refractivity contribution in [2.24, 2.45) is 5.92 Å². The van der Waals surface area contributed by atoms with E-state index >= 15 is 0 Å². The van der Waals surface area contributed by atoms with Crippen LogP contribution in [-0.4, -0.2) is 45.4 Å². The van der Waals surface area contributed by atoms with E-state index in [-0.39, 0.29) is 18.8 Å². The molecule has 6 nitrogen and oxygen atoms in total. The molecule has 126 valence electrons. The highest BCUT2D eigenvalue weighted by Crippen LogP contribution is 2.24. The summed E-state index contributed by atoms with van der Waals surface area (Å²) in [5.74, 6) is 1.68. The molecule has 3 atom stereocenters. The fourth-order valence-electron chi connectivity index (χ4n) is 2.89. The molecule has 0 radical (unpaired) electrons. The molecule has 1 aromatic rings. The van der Waals surface area contributed by atoms with Gasteiger partial charge in [0.1, 0.15) is 6.10 Å². The largest absolute Gasteiger partial charge is 0.395 e. The third-order valence-corrected chi connectivity index (χ3v) is 4.25. The number of hydrogen-bond acceptors (Lipinski definition) is 6. The zero-order chi connectivity index (χ0) is 16.1. The number of likely N-dealkylation sites (tertiary alicyclic amines) is 1. The predicted molar refractivity (Wildman–Crippen MR) is 83.2 cm³/mol. The molecule has 1 aliphatic rings. The van der Waals surface area contributed by atoms with Crippen LogP contribution in [0.1, 0.15) is 64.8 Å². The Balaban J connectivity index is 1.95. The molecule has 3 unspecified atom stereocenters. The maximum atomic E-state index is 9.54. The van der Waals surface area contributed by atoms with Crippen molar-refractivity contribution < 1.29 is 14.4 Å². The minimum Gasteiger partial charge on any atom is -0.395 e. The van der Waals surface area contributed by atoms with E-state index in [1.807, 2.05) is 6.92 Å². The zero-order valence-electron chi connectivity index (χ0n) is 14.2. The van der Waals surface area contributed by atoms with Gasteiger partial charge in [-0.1, -0.05) is 25.4 Å². The third-order valence-electron chi connectivity index (χ3n) is 4.25. The summed E-state index contributed by atoms with van der Waals surface area (Å²) < 4.78 is 11.1. The van der Waals surface area contributed by atoms with Gasteiger partial charge in [0.2, 0.25) is 5.89 Å². The summed E-state index contributed by atoms with van der Waals surface area (Å²) in [7, 11) is 0. The standard InChI is InChI=1S/C16H29N3O3/c1-11(2)10-21-13(4)16-17-15(22-18-16)8-19-12(3)6-5-7-14(19)9-20/h11-14,20H,5-10H2,1-4H3. The molecule has 0 aromatic carbocycles. The molecule has 0 spiro atoms. The highest BCUT2D eigenvalue weighted by atomic mass is 16.5. The molecule has 1 aromatic heterocycles. The van der Waals surface area contributed by atoms with Crippen LogP contribution in [0.3, 0.4) is 0 Å². The van der Waals surface area contributed by atoms with Crippen LogP contribution in [0.5, 0.6) is 0 Å². The van der Waals surface area contributed by atoms with Gasteiger partial charge in [-0.05, 0) is 32.6 Å². The molecular formula is C16H29N3O3. The molecule has 0 amide bonds. The number of ether oxygens (including phenoxy) is 1. The van der Waals surface area contributed by atoms with Gasteiger partial charge < -0.3 is 14.4 Å². The second kappa shape index (κ2) is 8.04. The van der Waals surface area contributed by atoms with Gasteiger partial charge in [0.25, 0.3) is 0 Å². The number of hydrogen-bond donors (Lipinski definition) is 1. The second-order valence-corrected chi connectivity index (χ2v) is 6.70. The maximum Gasteiger partial charge on any atom is 0.240 e. The van der Waals surface area contributed by atoms with Crippen LogP contribution >= 0.6 is 0 Å². The van der Waals surface area contributed by atoms with Gasteiger partial charge in [-0.2, -0.15) is 4.98 Å². The Hall–Kier alpha value is -0.980. The number of aromatic nitrogens is 2. The van der Waals surface area contributed by atoms with E-state index in [1.54, 1.807) is 0 Å². The lowest BCUT2D eigenvalue weighted by Crippen LogP contribution is -2.46. The summed E-state index contributed by atoms with van der Waals surface area (Å²) in [4.78, 5) is 6.72. The molecule has 22 heavy (non-hydrogen) atoms. The topological polar surface area (TPSA) is 71.6 Å². The lowest BCUT2D eigenvalue weighted by Gasteiger charge is -2.38. The van der Waals surface area contributed by atoms with Crippen LogP contribution in [0.4, 0.5) is 0 Å². The van der Waals surface area contributed by atoms with Gasteiger partial charge in [0.15, 0.2) is 5.82 Å². The molecule has 1 saturated heterocycles. The van der Waals surface area contributed by atoms with E-state index in [9.17, 15) is 5.11 Å². The van der Waals surface area contributed by atoms with Crippen molar-refractivity contribution in [3.05, 3.63) is 11.7 Å². The van der Waals surface area contributed by atoms with Crippen molar-refractivity contribution >= 4 is 0 Å². The van der Waals surface area contributed by atoms with Crippen molar-refractivity contribution in [1.29, 1.82) is 0 Å². The summed E-state index contributed by atoms with van der Waals surface area (Å²) in [6, 6.07) is 0.615. The number of rotatable bonds is 7. The summed E-state index contributed by atoms with van der Waals surface area (Å²) in [6.45, 7) is 9.81. The summed E-state index contributed by atoms with van der Waals surface area (Å²) in [5, 5.41) is 13.6. The van der Waals surface area contributed by atoms with Crippen LogP contribution in [0.15, 0.2) is 4.52 Å². The summed E-state index contributed by atoms with van der Waals surface area (Å²) in [5.41, 5.74) is 0. The van der Waals surface area contributed by atoms with Crippen molar-refractivity contribution in [2.75, 3.05) is 13.2 Å². The third kappa shape index (κ3) is 4.51. The van der Waals surface area contributed by atoms with E-state index in [0.717, 1.165) is 19.3 Å². The van der Waals surface area contributed by atoms with Crippen molar-refractivity contribution in [2.45, 2.75) is 71.7 Å². The monoisotopic (exact) mass is 311 g/mol. The first-order valence-corrected chi connectivity index (χ1v) is 8.32. The Morgan fingerprint density at radius 1 is 1.36 bits per heavy atom. The van der Waals surface area contributed by atoms with Crippen molar-refractivity contribution in [3.8, 4) is 0 Å². The SMILES string of the molecule is CC(C)COC(C)c1noc(CN2C(C)CCCC2CO)n1. The lowest BCUT2D eigenvalue weighted by molar-refractivity contribution is 0.0369. The fraction of sp³-hybridized carbons (Fsp3) is 0.875. The highest BCUT2D eigenvalue weighted by Gasteiger charge is 2.29. The first-order valence-electron chi connectivity index (χ1n) is 8.32. The molecule has 1 aliphatic heterocycles. The van der Waals surface area contributed by atoms with Gasteiger partial charge in [0, 0.05) is 18.7 Å². The molecule has 1 fully saturated rings. The van der Waals surface area contributed by atoms with E-state index in [2.05, 4.69) is 35.8 Å². The number of aliphatic hydroxyl groups excluding tert-OH is 1. The quantitative estimate of drug-likeness (QED) is 0.834. The molecule has 0 aliphatic carbocycles. The molecule has 1 N–H and O–H groups in total. The highest BCUT2D eigenvalue weighted by molar-refractivity contribution is 4.92. The maximum absolute atomic E-state index is 9.54. The number of piperidine rings is 1. The van der Waals surface area contributed by atoms with Crippen LogP contribution < -0.4 is 0 Å².